The number of aromatic nitrogens is 1. The van der Waals surface area contributed by atoms with Gasteiger partial charge in [-0.05, 0) is 23.8 Å². The highest BCUT2D eigenvalue weighted by atomic mass is 16.1. The van der Waals surface area contributed by atoms with Crippen LogP contribution in [0, 0.1) is 11.3 Å². The zero-order valence-electron chi connectivity index (χ0n) is 12.2. The van der Waals surface area contributed by atoms with Crippen LogP contribution >= 0.6 is 0 Å². The normalized spacial score (nSPS) is 10.6. The van der Waals surface area contributed by atoms with E-state index in [1.807, 2.05) is 42.5 Å². The van der Waals surface area contributed by atoms with Crippen LogP contribution in [0.15, 0.2) is 66.6 Å². The first-order valence-corrected chi connectivity index (χ1v) is 6.77. The molecule has 0 atom stereocenters. The van der Waals surface area contributed by atoms with Crippen molar-refractivity contribution in [3.63, 3.8) is 0 Å². The van der Waals surface area contributed by atoms with Gasteiger partial charge in [0, 0.05) is 37.9 Å². The molecule has 2 aromatic rings. The maximum absolute atomic E-state index is 12.1. The van der Waals surface area contributed by atoms with E-state index in [0.29, 0.717) is 6.54 Å². The summed E-state index contributed by atoms with van der Waals surface area (Å²) >= 11 is 0. The lowest BCUT2D eigenvalue weighted by Gasteiger charge is -2.14. The number of nitrogens with zero attached hydrogens (tertiary/aromatic N) is 3. The van der Waals surface area contributed by atoms with Crippen LogP contribution in [-0.4, -0.2) is 17.9 Å². The van der Waals surface area contributed by atoms with E-state index < -0.39 is 5.91 Å². The number of anilines is 1. The lowest BCUT2D eigenvalue weighted by molar-refractivity contribution is -0.117. The molecule has 1 aromatic heterocycles. The summed E-state index contributed by atoms with van der Waals surface area (Å²) in [6, 6.07) is 15.1. The second-order valence-corrected chi connectivity index (χ2v) is 4.64. The SMILES string of the molecule is CN(/C=C(/C#N)C(=O)NCc1cccnc1)c1ccccc1. The lowest BCUT2D eigenvalue weighted by atomic mass is 10.2. The summed E-state index contributed by atoms with van der Waals surface area (Å²) in [5, 5.41) is 11.9. The third-order valence-electron chi connectivity index (χ3n) is 3.03. The standard InChI is InChI=1S/C17H16N4O/c1-21(16-7-3-2-4-8-16)13-15(10-18)17(22)20-12-14-6-5-9-19-11-14/h2-9,11,13H,12H2,1H3,(H,20,22)/b15-13-. The molecule has 5 heteroatoms. The van der Waals surface area contributed by atoms with Gasteiger partial charge in [0.15, 0.2) is 0 Å². The number of hydrogen-bond donors (Lipinski definition) is 1. The van der Waals surface area contributed by atoms with Gasteiger partial charge in [-0.2, -0.15) is 5.26 Å². The average molecular weight is 292 g/mol. The molecule has 22 heavy (non-hydrogen) atoms. The van der Waals surface area contributed by atoms with Crippen LogP contribution in [0.4, 0.5) is 5.69 Å². The van der Waals surface area contributed by atoms with Gasteiger partial charge in [0.05, 0.1) is 0 Å². The Morgan fingerprint density at radius 1 is 1.32 bits per heavy atom. The first kappa shape index (κ1) is 15.3. The minimum Gasteiger partial charge on any atom is -0.350 e. The zero-order valence-corrected chi connectivity index (χ0v) is 12.2. The molecule has 1 aromatic carbocycles. The number of pyridine rings is 1. The minimum atomic E-state index is -0.408. The molecule has 0 saturated carbocycles. The molecule has 0 bridgehead atoms. The summed E-state index contributed by atoms with van der Waals surface area (Å²) in [5.41, 5.74) is 1.83. The Hall–Kier alpha value is -3.13. The number of nitriles is 1. The molecule has 0 aliphatic heterocycles. The van der Waals surface area contributed by atoms with E-state index in [1.54, 1.807) is 30.4 Å². The van der Waals surface area contributed by atoms with Crippen molar-refractivity contribution in [2.24, 2.45) is 0 Å². The largest absolute Gasteiger partial charge is 0.350 e. The van der Waals surface area contributed by atoms with Gasteiger partial charge in [-0.3, -0.25) is 9.78 Å². The van der Waals surface area contributed by atoms with Crippen molar-refractivity contribution in [3.05, 3.63) is 72.2 Å². The number of nitrogens with one attached hydrogen (secondary N) is 1. The highest BCUT2D eigenvalue weighted by molar-refractivity contribution is 5.97. The Morgan fingerprint density at radius 2 is 2.09 bits per heavy atom. The molecule has 0 saturated heterocycles. The fourth-order valence-corrected chi connectivity index (χ4v) is 1.85. The van der Waals surface area contributed by atoms with Crippen LogP contribution in [0.25, 0.3) is 0 Å². The summed E-state index contributed by atoms with van der Waals surface area (Å²) in [4.78, 5) is 17.8. The van der Waals surface area contributed by atoms with Crippen LogP contribution in [-0.2, 0) is 11.3 Å². The summed E-state index contributed by atoms with van der Waals surface area (Å²) in [7, 11) is 1.79. The van der Waals surface area contributed by atoms with Gasteiger partial charge in [0.25, 0.3) is 5.91 Å². The van der Waals surface area contributed by atoms with Crippen molar-refractivity contribution in [2.75, 3.05) is 11.9 Å². The number of benzene rings is 1. The van der Waals surface area contributed by atoms with Gasteiger partial charge in [-0.15, -0.1) is 0 Å². The Balaban J connectivity index is 2.03. The maximum atomic E-state index is 12.1. The predicted octanol–water partition coefficient (Wildman–Crippen LogP) is 2.24. The Bertz CT molecular complexity index is 690. The van der Waals surface area contributed by atoms with Crippen LogP contribution in [0.3, 0.4) is 0 Å². The number of carbonyl (C=O) groups is 1. The monoisotopic (exact) mass is 292 g/mol. The summed E-state index contributed by atoms with van der Waals surface area (Å²) in [6.45, 7) is 0.334. The quantitative estimate of drug-likeness (QED) is 0.678. The van der Waals surface area contributed by atoms with E-state index in [9.17, 15) is 10.1 Å². The molecule has 0 unspecified atom stereocenters. The fraction of sp³-hybridized carbons (Fsp3) is 0.118. The Kier molecular flexibility index (Phi) is 5.27. The minimum absolute atomic E-state index is 0.0512. The second kappa shape index (κ2) is 7.60. The van der Waals surface area contributed by atoms with Gasteiger partial charge in [0.1, 0.15) is 11.6 Å². The zero-order chi connectivity index (χ0) is 15.8. The number of rotatable bonds is 5. The van der Waals surface area contributed by atoms with E-state index in [0.717, 1.165) is 11.3 Å². The van der Waals surface area contributed by atoms with Crippen molar-refractivity contribution in [1.29, 1.82) is 5.26 Å². The van der Waals surface area contributed by atoms with Crippen molar-refractivity contribution in [1.82, 2.24) is 10.3 Å². The van der Waals surface area contributed by atoms with E-state index in [-0.39, 0.29) is 5.57 Å². The summed E-state index contributed by atoms with van der Waals surface area (Å²) in [5.74, 6) is -0.408. The first-order chi connectivity index (χ1) is 10.7. The lowest BCUT2D eigenvalue weighted by Crippen LogP contribution is -2.25. The van der Waals surface area contributed by atoms with E-state index in [1.165, 1.54) is 6.20 Å². The van der Waals surface area contributed by atoms with Crippen LogP contribution in [0.1, 0.15) is 5.56 Å². The van der Waals surface area contributed by atoms with Crippen LogP contribution in [0.5, 0.6) is 0 Å². The average Bonchev–Trinajstić information content (AvgIpc) is 2.59. The van der Waals surface area contributed by atoms with Gasteiger partial charge in [0.2, 0.25) is 0 Å². The molecule has 1 N–H and O–H groups in total. The summed E-state index contributed by atoms with van der Waals surface area (Å²) < 4.78 is 0. The predicted molar refractivity (Wildman–Crippen MR) is 84.6 cm³/mol. The highest BCUT2D eigenvalue weighted by Gasteiger charge is 2.10. The smallest absolute Gasteiger partial charge is 0.263 e. The molecular weight excluding hydrogens is 276 g/mol. The number of amides is 1. The second-order valence-electron chi connectivity index (χ2n) is 4.64. The van der Waals surface area contributed by atoms with Gasteiger partial charge >= 0.3 is 0 Å². The van der Waals surface area contributed by atoms with Crippen molar-refractivity contribution >= 4 is 11.6 Å². The van der Waals surface area contributed by atoms with Gasteiger partial charge in [-0.25, -0.2) is 0 Å². The third kappa shape index (κ3) is 4.18. The molecule has 0 aliphatic rings. The van der Waals surface area contributed by atoms with Crippen molar-refractivity contribution in [3.8, 4) is 6.07 Å². The Labute approximate surface area is 129 Å². The van der Waals surface area contributed by atoms with E-state index >= 15 is 0 Å². The molecule has 0 spiro atoms. The molecule has 0 aliphatic carbocycles. The van der Waals surface area contributed by atoms with Crippen LogP contribution < -0.4 is 10.2 Å². The fourth-order valence-electron chi connectivity index (χ4n) is 1.85. The van der Waals surface area contributed by atoms with Gasteiger partial charge < -0.3 is 10.2 Å². The first-order valence-electron chi connectivity index (χ1n) is 6.77. The van der Waals surface area contributed by atoms with Crippen molar-refractivity contribution in [2.45, 2.75) is 6.54 Å². The molecule has 1 heterocycles. The molecule has 0 fully saturated rings. The van der Waals surface area contributed by atoms with E-state index in [2.05, 4.69) is 10.3 Å². The molecule has 2 rings (SSSR count). The highest BCUT2D eigenvalue weighted by Crippen LogP contribution is 2.12. The number of hydrogen-bond acceptors (Lipinski definition) is 4. The number of para-hydroxylation sites is 1. The topological polar surface area (TPSA) is 69.0 Å². The van der Waals surface area contributed by atoms with Crippen LogP contribution in [0.2, 0.25) is 0 Å². The molecule has 0 radical (unpaired) electrons. The van der Waals surface area contributed by atoms with Crippen molar-refractivity contribution < 1.29 is 4.79 Å². The molecule has 110 valence electrons. The van der Waals surface area contributed by atoms with Gasteiger partial charge in [-0.1, -0.05) is 24.3 Å². The van der Waals surface area contributed by atoms with E-state index in [4.69, 9.17) is 0 Å². The molecular formula is C17H16N4O. The molecule has 5 nitrogen and oxygen atoms in total. The third-order valence-corrected chi connectivity index (χ3v) is 3.03. The maximum Gasteiger partial charge on any atom is 0.263 e. The number of carbonyl (C=O) groups excluding carboxylic acids is 1. The molecule has 1 amide bonds. The summed E-state index contributed by atoms with van der Waals surface area (Å²) in [6.07, 6.45) is 4.86. The Morgan fingerprint density at radius 3 is 2.73 bits per heavy atom.